The number of hydrogen-bond donors (Lipinski definition) is 4. The Morgan fingerprint density at radius 1 is 1.17 bits per heavy atom. The van der Waals surface area contributed by atoms with Crippen LogP contribution in [0.3, 0.4) is 0 Å². The molecule has 0 aliphatic heterocycles. The second-order valence-electron chi connectivity index (χ2n) is 6.11. The molecule has 0 aromatic heterocycles. The lowest BCUT2D eigenvalue weighted by molar-refractivity contribution is -0.130. The standard InChI is InChI=1S/C17H25N3O4/c1-11(2)3-8-16(23)20-14(17(24)19-10-15(18)22)9-12-4-6-13(21)7-5-12/h4-7,11,14,21H,3,8-10H2,1-2H3,(H2,18,22)(H,19,24)(H,20,23)/t14-/m0/s1. The molecule has 7 heteroatoms. The minimum absolute atomic E-state index is 0.120. The Balaban J connectivity index is 2.74. The number of amides is 3. The molecule has 0 saturated carbocycles. The number of phenolic OH excluding ortho intramolecular Hbond substituents is 1. The van der Waals surface area contributed by atoms with Crippen LogP contribution in [0, 0.1) is 5.92 Å². The molecule has 1 rings (SSSR count). The van der Waals surface area contributed by atoms with Gasteiger partial charge in [0.2, 0.25) is 17.7 Å². The molecule has 7 nitrogen and oxygen atoms in total. The van der Waals surface area contributed by atoms with Crippen molar-refractivity contribution in [2.75, 3.05) is 6.54 Å². The van der Waals surface area contributed by atoms with Crippen LogP contribution in [0.1, 0.15) is 32.3 Å². The fraction of sp³-hybridized carbons (Fsp3) is 0.471. The van der Waals surface area contributed by atoms with Gasteiger partial charge in [0.25, 0.3) is 0 Å². The molecule has 0 bridgehead atoms. The second kappa shape index (κ2) is 9.54. The third kappa shape index (κ3) is 7.62. The van der Waals surface area contributed by atoms with Crippen LogP contribution >= 0.6 is 0 Å². The lowest BCUT2D eigenvalue weighted by Gasteiger charge is -2.18. The zero-order chi connectivity index (χ0) is 18.1. The summed E-state index contributed by atoms with van der Waals surface area (Å²) in [6.45, 7) is 3.74. The molecular formula is C17H25N3O4. The highest BCUT2D eigenvalue weighted by molar-refractivity contribution is 5.90. The Morgan fingerprint density at radius 2 is 1.79 bits per heavy atom. The Hall–Kier alpha value is -2.57. The maximum Gasteiger partial charge on any atom is 0.243 e. The number of nitrogens with one attached hydrogen (secondary N) is 2. The normalized spacial score (nSPS) is 11.8. The van der Waals surface area contributed by atoms with Gasteiger partial charge in [0, 0.05) is 12.8 Å². The highest BCUT2D eigenvalue weighted by Crippen LogP contribution is 2.12. The van der Waals surface area contributed by atoms with Crippen LogP contribution in [0.2, 0.25) is 0 Å². The van der Waals surface area contributed by atoms with Gasteiger partial charge in [0.1, 0.15) is 11.8 Å². The maximum atomic E-state index is 12.2. The van der Waals surface area contributed by atoms with Gasteiger partial charge in [-0.1, -0.05) is 26.0 Å². The number of hydrogen-bond acceptors (Lipinski definition) is 4. The van der Waals surface area contributed by atoms with Crippen LogP contribution in [0.15, 0.2) is 24.3 Å². The number of nitrogens with two attached hydrogens (primary N) is 1. The van der Waals surface area contributed by atoms with Crippen molar-refractivity contribution in [1.82, 2.24) is 10.6 Å². The van der Waals surface area contributed by atoms with Crippen molar-refractivity contribution in [3.63, 3.8) is 0 Å². The Morgan fingerprint density at radius 3 is 2.33 bits per heavy atom. The molecule has 132 valence electrons. The first-order valence-electron chi connectivity index (χ1n) is 7.91. The lowest BCUT2D eigenvalue weighted by Crippen LogP contribution is -2.49. The van der Waals surface area contributed by atoms with Gasteiger partial charge in [0.15, 0.2) is 0 Å². The van der Waals surface area contributed by atoms with E-state index in [9.17, 15) is 19.5 Å². The highest BCUT2D eigenvalue weighted by Gasteiger charge is 2.21. The highest BCUT2D eigenvalue weighted by atomic mass is 16.3. The van der Waals surface area contributed by atoms with Gasteiger partial charge in [-0.05, 0) is 30.0 Å². The quantitative estimate of drug-likeness (QED) is 0.523. The SMILES string of the molecule is CC(C)CCC(=O)N[C@@H](Cc1ccc(O)cc1)C(=O)NCC(N)=O. The molecule has 0 saturated heterocycles. The van der Waals surface area contributed by atoms with E-state index in [2.05, 4.69) is 10.6 Å². The molecule has 0 aliphatic rings. The first kappa shape index (κ1) is 19.5. The molecule has 0 unspecified atom stereocenters. The number of carbonyl (C=O) groups excluding carboxylic acids is 3. The molecule has 24 heavy (non-hydrogen) atoms. The summed E-state index contributed by atoms with van der Waals surface area (Å²) in [6.07, 6.45) is 1.30. The molecular weight excluding hydrogens is 310 g/mol. The topological polar surface area (TPSA) is 122 Å². The third-order valence-electron chi connectivity index (χ3n) is 3.41. The van der Waals surface area contributed by atoms with Gasteiger partial charge in [-0.15, -0.1) is 0 Å². The molecule has 1 atom stereocenters. The Labute approximate surface area is 141 Å². The number of primary amides is 1. The average molecular weight is 335 g/mol. The summed E-state index contributed by atoms with van der Waals surface area (Å²) in [5.74, 6) is -0.844. The fourth-order valence-electron chi connectivity index (χ4n) is 2.06. The van der Waals surface area contributed by atoms with Crippen molar-refractivity contribution in [3.8, 4) is 5.75 Å². The largest absolute Gasteiger partial charge is 0.508 e. The molecule has 0 radical (unpaired) electrons. The molecule has 5 N–H and O–H groups in total. The maximum absolute atomic E-state index is 12.2. The summed E-state index contributed by atoms with van der Waals surface area (Å²) < 4.78 is 0. The van der Waals surface area contributed by atoms with Gasteiger partial charge in [0.05, 0.1) is 6.54 Å². The summed E-state index contributed by atoms with van der Waals surface area (Å²) in [7, 11) is 0. The third-order valence-corrected chi connectivity index (χ3v) is 3.41. The van der Waals surface area contributed by atoms with E-state index in [1.807, 2.05) is 13.8 Å². The van der Waals surface area contributed by atoms with Gasteiger partial charge in [-0.3, -0.25) is 14.4 Å². The minimum atomic E-state index is -0.812. The molecule has 0 aliphatic carbocycles. The number of aromatic hydroxyl groups is 1. The minimum Gasteiger partial charge on any atom is -0.508 e. The van der Waals surface area contributed by atoms with Crippen molar-refractivity contribution in [1.29, 1.82) is 0 Å². The monoisotopic (exact) mass is 335 g/mol. The summed E-state index contributed by atoms with van der Waals surface area (Å²) >= 11 is 0. The van der Waals surface area contributed by atoms with E-state index in [1.165, 1.54) is 12.1 Å². The first-order chi connectivity index (χ1) is 11.3. The fourth-order valence-corrected chi connectivity index (χ4v) is 2.06. The van der Waals surface area contributed by atoms with E-state index < -0.39 is 17.9 Å². The number of phenols is 1. The molecule has 0 heterocycles. The van der Waals surface area contributed by atoms with Crippen molar-refractivity contribution < 1.29 is 19.5 Å². The molecule has 3 amide bonds. The van der Waals surface area contributed by atoms with Gasteiger partial charge in [-0.25, -0.2) is 0 Å². The number of benzene rings is 1. The molecule has 1 aromatic carbocycles. The van der Waals surface area contributed by atoms with Crippen molar-refractivity contribution in [3.05, 3.63) is 29.8 Å². The predicted octanol–water partition coefficient (Wildman–Crippen LogP) is 0.457. The molecule has 1 aromatic rings. The van der Waals surface area contributed by atoms with Crippen LogP contribution in [-0.4, -0.2) is 35.4 Å². The van der Waals surface area contributed by atoms with Crippen LogP contribution in [-0.2, 0) is 20.8 Å². The van der Waals surface area contributed by atoms with E-state index >= 15 is 0 Å². The Kier molecular flexibility index (Phi) is 7.74. The van der Waals surface area contributed by atoms with E-state index in [0.717, 1.165) is 12.0 Å². The predicted molar refractivity (Wildman–Crippen MR) is 90.0 cm³/mol. The zero-order valence-corrected chi connectivity index (χ0v) is 14.0. The van der Waals surface area contributed by atoms with Crippen LogP contribution in [0.5, 0.6) is 5.75 Å². The van der Waals surface area contributed by atoms with Crippen molar-refractivity contribution >= 4 is 17.7 Å². The second-order valence-corrected chi connectivity index (χ2v) is 6.11. The van der Waals surface area contributed by atoms with Gasteiger partial charge >= 0.3 is 0 Å². The van der Waals surface area contributed by atoms with Crippen LogP contribution in [0.25, 0.3) is 0 Å². The van der Waals surface area contributed by atoms with E-state index in [4.69, 9.17) is 5.73 Å². The van der Waals surface area contributed by atoms with Gasteiger partial charge < -0.3 is 21.5 Å². The molecule has 0 spiro atoms. The summed E-state index contributed by atoms with van der Waals surface area (Å²) in [5, 5.41) is 14.4. The summed E-state index contributed by atoms with van der Waals surface area (Å²) in [6, 6.07) is 5.55. The smallest absolute Gasteiger partial charge is 0.243 e. The van der Waals surface area contributed by atoms with E-state index in [-0.39, 0.29) is 24.6 Å². The van der Waals surface area contributed by atoms with Crippen molar-refractivity contribution in [2.24, 2.45) is 11.7 Å². The van der Waals surface area contributed by atoms with E-state index in [1.54, 1.807) is 12.1 Å². The number of carbonyl (C=O) groups is 3. The lowest BCUT2D eigenvalue weighted by atomic mass is 10.0. The van der Waals surface area contributed by atoms with Crippen LogP contribution in [0.4, 0.5) is 0 Å². The average Bonchev–Trinajstić information content (AvgIpc) is 2.52. The zero-order valence-electron chi connectivity index (χ0n) is 14.0. The number of rotatable bonds is 9. The van der Waals surface area contributed by atoms with E-state index in [0.29, 0.717) is 12.3 Å². The van der Waals surface area contributed by atoms with Crippen molar-refractivity contribution in [2.45, 2.75) is 39.2 Å². The Bertz CT molecular complexity index is 570. The van der Waals surface area contributed by atoms with Crippen LogP contribution < -0.4 is 16.4 Å². The summed E-state index contributed by atoms with van der Waals surface area (Å²) in [5.41, 5.74) is 5.80. The first-order valence-corrected chi connectivity index (χ1v) is 7.91. The summed E-state index contributed by atoms with van der Waals surface area (Å²) in [4.78, 5) is 35.0. The molecule has 0 fully saturated rings. The van der Waals surface area contributed by atoms with Gasteiger partial charge in [-0.2, -0.15) is 0 Å².